The topological polar surface area (TPSA) is 59.4 Å². The molecule has 1 saturated heterocycles. The summed E-state index contributed by atoms with van der Waals surface area (Å²) in [6.07, 6.45) is 4.68. The number of hydrogen-bond acceptors (Lipinski definition) is 4. The summed E-state index contributed by atoms with van der Waals surface area (Å²) in [5.74, 6) is 0.407. The van der Waals surface area contributed by atoms with Gasteiger partial charge in [-0.25, -0.2) is 0 Å². The maximum absolute atomic E-state index is 12.4. The molecule has 0 aromatic heterocycles. The van der Waals surface area contributed by atoms with Gasteiger partial charge in [-0.3, -0.25) is 4.79 Å². The van der Waals surface area contributed by atoms with Gasteiger partial charge >= 0.3 is 0 Å². The Morgan fingerprint density at radius 2 is 1.92 bits per heavy atom. The van der Waals surface area contributed by atoms with Gasteiger partial charge in [-0.1, -0.05) is 18.6 Å². The van der Waals surface area contributed by atoms with Crippen LogP contribution in [0.15, 0.2) is 24.3 Å². The Balaban J connectivity index is 1.50. The minimum Gasteiger partial charge on any atom is -0.382 e. The van der Waals surface area contributed by atoms with Gasteiger partial charge in [-0.05, 0) is 44.0 Å². The summed E-state index contributed by atoms with van der Waals surface area (Å²) < 4.78 is 0. The molecule has 134 valence electrons. The molecule has 5 nitrogen and oxygen atoms in total. The lowest BCUT2D eigenvalue weighted by Gasteiger charge is -2.32. The number of carbonyl (C=O) groups is 1. The first kappa shape index (κ1) is 17.8. The number of carbonyl (C=O) groups excluding carboxylic acids is 1. The van der Waals surface area contributed by atoms with E-state index in [-0.39, 0.29) is 11.8 Å². The number of piperazine rings is 1. The van der Waals surface area contributed by atoms with Gasteiger partial charge < -0.3 is 15.1 Å². The first-order valence-electron chi connectivity index (χ1n) is 9.35. The number of likely N-dealkylation sites (N-methyl/N-ethyl adjacent to an activating group) is 1. The molecule has 1 aromatic rings. The second-order valence-corrected chi connectivity index (χ2v) is 7.39. The highest BCUT2D eigenvalue weighted by Crippen LogP contribution is 2.26. The van der Waals surface area contributed by atoms with E-state index in [0.29, 0.717) is 12.5 Å². The van der Waals surface area contributed by atoms with Crippen LogP contribution in [0.4, 0.5) is 5.69 Å². The van der Waals surface area contributed by atoms with Gasteiger partial charge in [-0.15, -0.1) is 0 Å². The van der Waals surface area contributed by atoms with Crippen molar-refractivity contribution in [3.05, 3.63) is 29.8 Å². The molecule has 2 aliphatic rings. The summed E-state index contributed by atoms with van der Waals surface area (Å²) in [5, 5.41) is 12.6. The first-order chi connectivity index (χ1) is 12.1. The van der Waals surface area contributed by atoms with Gasteiger partial charge in [-0.2, -0.15) is 5.26 Å². The highest BCUT2D eigenvalue weighted by atomic mass is 16.2. The molecule has 0 unspecified atom stereocenters. The second-order valence-electron chi connectivity index (χ2n) is 7.39. The van der Waals surface area contributed by atoms with Gasteiger partial charge in [0.1, 0.15) is 0 Å². The Labute approximate surface area is 150 Å². The highest BCUT2D eigenvalue weighted by Gasteiger charge is 2.22. The molecule has 1 aromatic carbocycles. The Kier molecular flexibility index (Phi) is 5.93. The van der Waals surface area contributed by atoms with E-state index in [2.05, 4.69) is 35.5 Å². The zero-order chi connectivity index (χ0) is 17.6. The predicted molar refractivity (Wildman–Crippen MR) is 99.2 cm³/mol. The number of benzene rings is 1. The van der Waals surface area contributed by atoms with Crippen LogP contribution >= 0.6 is 0 Å². The quantitative estimate of drug-likeness (QED) is 0.915. The fraction of sp³-hybridized carbons (Fsp3) is 0.600. The zero-order valence-electron chi connectivity index (χ0n) is 15.1. The molecule has 0 radical (unpaired) electrons. The van der Waals surface area contributed by atoms with Crippen molar-refractivity contribution in [1.29, 1.82) is 5.26 Å². The van der Waals surface area contributed by atoms with Crippen molar-refractivity contribution in [2.75, 3.05) is 38.5 Å². The number of anilines is 1. The van der Waals surface area contributed by atoms with Gasteiger partial charge in [0.2, 0.25) is 5.91 Å². The summed E-state index contributed by atoms with van der Waals surface area (Å²) in [4.78, 5) is 16.6. The fourth-order valence-corrected chi connectivity index (χ4v) is 3.73. The Morgan fingerprint density at radius 3 is 2.60 bits per heavy atom. The number of nitrogens with zero attached hydrogens (tertiary/aromatic N) is 3. The number of nitriles is 1. The molecular weight excluding hydrogens is 312 g/mol. The Hall–Kier alpha value is -2.06. The van der Waals surface area contributed by atoms with Crippen molar-refractivity contribution in [3.63, 3.8) is 0 Å². The van der Waals surface area contributed by atoms with Gasteiger partial charge in [0.15, 0.2) is 0 Å². The summed E-state index contributed by atoms with van der Waals surface area (Å²) >= 11 is 0. The zero-order valence-corrected chi connectivity index (χ0v) is 15.1. The third-order valence-corrected chi connectivity index (χ3v) is 5.39. The normalized spacial score (nSPS) is 24.6. The standard InChI is InChI=1S/C20H28N4O/c1-23-9-11-24(12-10-23)20(25)14-16-5-7-18(8-6-16)22-19-4-2-3-17(13-19)15-21/h5-8,17,19,22H,2-4,9-14H2,1H3/t17-,19-/m1/s1. The maximum atomic E-state index is 12.4. The van der Waals surface area contributed by atoms with Crippen molar-refractivity contribution in [3.8, 4) is 6.07 Å². The van der Waals surface area contributed by atoms with Crippen LogP contribution in [-0.4, -0.2) is 55.0 Å². The van der Waals surface area contributed by atoms with E-state index in [1.807, 2.05) is 17.0 Å². The lowest BCUT2D eigenvalue weighted by molar-refractivity contribution is -0.132. The smallest absolute Gasteiger partial charge is 0.227 e. The molecular formula is C20H28N4O. The number of rotatable bonds is 4. The predicted octanol–water partition coefficient (Wildman–Crippen LogP) is 2.50. The summed E-state index contributed by atoms with van der Waals surface area (Å²) in [5.41, 5.74) is 2.15. The monoisotopic (exact) mass is 340 g/mol. The Morgan fingerprint density at radius 1 is 1.20 bits per heavy atom. The molecule has 3 rings (SSSR count). The van der Waals surface area contributed by atoms with Crippen LogP contribution in [0.5, 0.6) is 0 Å². The van der Waals surface area contributed by atoms with E-state index in [1.165, 1.54) is 0 Å². The number of hydrogen-bond donors (Lipinski definition) is 1. The van der Waals surface area contributed by atoms with Crippen LogP contribution in [-0.2, 0) is 11.2 Å². The second kappa shape index (κ2) is 8.35. The van der Waals surface area contributed by atoms with E-state index in [4.69, 9.17) is 5.26 Å². The minimum absolute atomic E-state index is 0.187. The van der Waals surface area contributed by atoms with Gasteiger partial charge in [0, 0.05) is 43.8 Å². The van der Waals surface area contributed by atoms with Crippen molar-refractivity contribution < 1.29 is 4.79 Å². The van der Waals surface area contributed by atoms with Crippen molar-refractivity contribution in [2.45, 2.75) is 38.1 Å². The largest absolute Gasteiger partial charge is 0.382 e. The van der Waals surface area contributed by atoms with Crippen molar-refractivity contribution >= 4 is 11.6 Å². The van der Waals surface area contributed by atoms with E-state index in [1.54, 1.807) is 0 Å². The lowest BCUT2D eigenvalue weighted by atomic mass is 9.86. The number of amides is 1. The average Bonchev–Trinajstić information content (AvgIpc) is 2.64. The summed E-state index contributed by atoms with van der Waals surface area (Å²) in [6.45, 7) is 3.58. The maximum Gasteiger partial charge on any atom is 0.227 e. The van der Waals surface area contributed by atoms with E-state index in [0.717, 1.165) is 63.1 Å². The molecule has 2 atom stereocenters. The minimum atomic E-state index is 0.187. The molecule has 1 amide bonds. The van der Waals surface area contributed by atoms with E-state index >= 15 is 0 Å². The van der Waals surface area contributed by atoms with Crippen LogP contribution in [0.3, 0.4) is 0 Å². The van der Waals surface area contributed by atoms with Crippen LogP contribution < -0.4 is 5.32 Å². The molecule has 1 aliphatic carbocycles. The molecule has 25 heavy (non-hydrogen) atoms. The SMILES string of the molecule is CN1CCN(C(=O)Cc2ccc(N[C@@H]3CCC[C@@H](C#N)C3)cc2)CC1. The third-order valence-electron chi connectivity index (χ3n) is 5.39. The van der Waals surface area contributed by atoms with Crippen LogP contribution in [0.25, 0.3) is 0 Å². The summed E-state index contributed by atoms with van der Waals surface area (Å²) in [7, 11) is 2.10. The molecule has 1 saturated carbocycles. The number of nitrogens with one attached hydrogen (secondary N) is 1. The van der Waals surface area contributed by atoms with Gasteiger partial charge in [0.25, 0.3) is 0 Å². The summed E-state index contributed by atoms with van der Waals surface area (Å²) in [6, 6.07) is 11.0. The third kappa shape index (κ3) is 4.96. The average molecular weight is 340 g/mol. The Bertz CT molecular complexity index is 614. The van der Waals surface area contributed by atoms with Crippen LogP contribution in [0.1, 0.15) is 31.2 Å². The van der Waals surface area contributed by atoms with Crippen molar-refractivity contribution in [2.24, 2.45) is 5.92 Å². The molecule has 1 N–H and O–H groups in total. The van der Waals surface area contributed by atoms with Crippen LogP contribution in [0.2, 0.25) is 0 Å². The molecule has 0 spiro atoms. The molecule has 2 fully saturated rings. The molecule has 1 aliphatic heterocycles. The molecule has 1 heterocycles. The molecule has 0 bridgehead atoms. The fourth-order valence-electron chi connectivity index (χ4n) is 3.73. The molecule has 5 heteroatoms. The highest BCUT2D eigenvalue weighted by molar-refractivity contribution is 5.79. The van der Waals surface area contributed by atoms with Crippen LogP contribution in [0, 0.1) is 17.2 Å². The van der Waals surface area contributed by atoms with Crippen molar-refractivity contribution in [1.82, 2.24) is 9.80 Å². The van der Waals surface area contributed by atoms with E-state index < -0.39 is 0 Å². The van der Waals surface area contributed by atoms with Gasteiger partial charge in [0.05, 0.1) is 12.5 Å². The lowest BCUT2D eigenvalue weighted by Crippen LogP contribution is -2.47. The van der Waals surface area contributed by atoms with E-state index in [9.17, 15) is 4.79 Å². The first-order valence-corrected chi connectivity index (χ1v) is 9.35.